The molecule has 0 fully saturated rings. The van der Waals surface area contributed by atoms with Crippen molar-refractivity contribution in [3.05, 3.63) is 218 Å². The zero-order valence-corrected chi connectivity index (χ0v) is 37.1. The second kappa shape index (κ2) is 13.9. The topological polar surface area (TPSA) is 37.4 Å². The molecule has 16 rings (SSSR count). The predicted molar refractivity (Wildman–Crippen MR) is 284 cm³/mol. The van der Waals surface area contributed by atoms with Gasteiger partial charge in [0.2, 0.25) is 0 Å². The highest BCUT2D eigenvalue weighted by Crippen LogP contribution is 2.48. The van der Waals surface area contributed by atoms with Crippen molar-refractivity contribution in [3.8, 4) is 34.5 Å². The molecule has 69 heavy (non-hydrogen) atoms. The maximum atomic E-state index is 7.44. The zero-order chi connectivity index (χ0) is 44.9. The van der Waals surface area contributed by atoms with Crippen LogP contribution in [-0.2, 0) is 0 Å². The Hall–Kier alpha value is -8.81. The number of ether oxygens (including phenoxy) is 3. The Kier molecular flexibility index (Phi) is 7.50. The fourth-order valence-electron chi connectivity index (χ4n) is 12.5. The van der Waals surface area contributed by atoms with Crippen LogP contribution >= 0.6 is 0 Å². The van der Waals surface area contributed by atoms with E-state index in [9.17, 15) is 0 Å². The molecule has 0 unspecified atom stereocenters. The van der Waals surface area contributed by atoms with Gasteiger partial charge in [-0.15, -0.1) is 0 Å². The van der Waals surface area contributed by atoms with Crippen molar-refractivity contribution >= 4 is 120 Å². The van der Waals surface area contributed by atoms with Crippen LogP contribution < -0.4 is 78.1 Å². The number of nitrogens with zero attached hydrogens (tertiary/aromatic N) is 3. The minimum atomic E-state index is -0.225. The summed E-state index contributed by atoms with van der Waals surface area (Å²) in [4.78, 5) is 7.30. The minimum Gasteiger partial charge on any atom is -0.459 e. The fraction of sp³-hybridized carbons (Fsp3) is 0. The van der Waals surface area contributed by atoms with E-state index in [1.807, 2.05) is 0 Å². The molecule has 10 aromatic rings. The summed E-state index contributed by atoms with van der Waals surface area (Å²) < 4.78 is 21.3. The number of anilines is 9. The lowest BCUT2D eigenvalue weighted by atomic mass is 9.29. The van der Waals surface area contributed by atoms with E-state index in [4.69, 9.17) is 14.2 Å². The Morgan fingerprint density at radius 1 is 0.246 bits per heavy atom. The van der Waals surface area contributed by atoms with Crippen LogP contribution in [0.3, 0.4) is 0 Å². The molecule has 0 radical (unpaired) electrons. The molecule has 0 atom stereocenters. The average Bonchev–Trinajstić information content (AvgIpc) is 3.41. The maximum absolute atomic E-state index is 7.44. The highest BCUT2D eigenvalue weighted by molar-refractivity contribution is 7.04. The van der Waals surface area contributed by atoms with E-state index < -0.39 is 0 Å². The van der Waals surface area contributed by atoms with E-state index in [1.165, 1.54) is 27.5 Å². The predicted octanol–water partition coefficient (Wildman–Crippen LogP) is 8.90. The number of para-hydroxylation sites is 5. The van der Waals surface area contributed by atoms with E-state index in [2.05, 4.69) is 233 Å². The van der Waals surface area contributed by atoms with Gasteiger partial charge in [0.1, 0.15) is 34.5 Å². The molecular weight excluding hydrogens is 843 g/mol. The highest BCUT2D eigenvalue weighted by atomic mass is 16.5. The van der Waals surface area contributed by atoms with Gasteiger partial charge < -0.3 is 28.9 Å². The van der Waals surface area contributed by atoms with Gasteiger partial charge >= 0.3 is 0 Å². The SMILES string of the molecule is c1ccc(N2c3ccccc3B3c4cc5c(cc4Oc4cccc2c43)N(c2ccccc2)c2cccc3c2B5c2c(ccc4c2Oc2cccc5c2B4c2ccccc2O5)N3c2ccccc2)cc1. The molecule has 0 N–H and O–H groups in total. The minimum absolute atomic E-state index is 0.0842. The third-order valence-corrected chi connectivity index (χ3v) is 15.2. The summed E-state index contributed by atoms with van der Waals surface area (Å²) in [6.45, 7) is -0.395. The van der Waals surface area contributed by atoms with Crippen LogP contribution in [0.4, 0.5) is 51.2 Å². The fourth-order valence-corrected chi connectivity index (χ4v) is 12.5. The second-order valence-corrected chi connectivity index (χ2v) is 18.6. The Balaban J connectivity index is 1.00. The van der Waals surface area contributed by atoms with Crippen LogP contribution in [0.5, 0.6) is 34.5 Å². The molecule has 6 heterocycles. The summed E-state index contributed by atoms with van der Waals surface area (Å²) in [7, 11) is 0. The van der Waals surface area contributed by atoms with Crippen LogP contribution in [0, 0.1) is 0 Å². The Morgan fingerprint density at radius 2 is 0.725 bits per heavy atom. The average molecular weight is 879 g/mol. The van der Waals surface area contributed by atoms with Gasteiger partial charge in [0.25, 0.3) is 20.1 Å². The Bertz CT molecular complexity index is 3830. The van der Waals surface area contributed by atoms with Gasteiger partial charge in [0.15, 0.2) is 0 Å². The summed E-state index contributed by atoms with van der Waals surface area (Å²) in [6.07, 6.45) is 0. The second-order valence-electron chi connectivity index (χ2n) is 18.6. The molecule has 0 spiro atoms. The van der Waals surface area contributed by atoms with Gasteiger partial charge in [0, 0.05) is 62.7 Å². The first-order valence-corrected chi connectivity index (χ1v) is 23.8. The largest absolute Gasteiger partial charge is 0.459 e. The van der Waals surface area contributed by atoms with Crippen LogP contribution in [0.25, 0.3) is 0 Å². The maximum Gasteiger partial charge on any atom is 0.260 e. The first-order valence-electron chi connectivity index (χ1n) is 23.8. The molecule has 318 valence electrons. The van der Waals surface area contributed by atoms with Crippen molar-refractivity contribution in [1.82, 2.24) is 0 Å². The highest BCUT2D eigenvalue weighted by Gasteiger charge is 2.50. The number of fused-ring (bicyclic) bond motifs is 13. The molecule has 0 aliphatic carbocycles. The standard InChI is InChI=1S/C60H36B3N3O3/c1-4-17-37(18-5-1)64-45-25-12-10-23-40(45)61-44-35-43-50(36-55(44)68-52-30-15-28-48(64)57(52)61)66(39-21-8-3-9-22-39)47-27-14-26-46-56(47)63(43)58-49(65(46)38-19-6-2-7-20-38)34-33-42-60(58)69-54-32-16-31-53-59(54)62(42)41-24-11-13-29-51(41)67-53/h1-36H. The number of hydrogen-bond donors (Lipinski definition) is 0. The van der Waals surface area contributed by atoms with Crippen LogP contribution in [0.2, 0.25) is 0 Å². The quantitative estimate of drug-likeness (QED) is 0.165. The van der Waals surface area contributed by atoms with Gasteiger partial charge in [-0.25, -0.2) is 0 Å². The molecule has 0 aromatic heterocycles. The lowest BCUT2D eigenvalue weighted by molar-refractivity contribution is 0.466. The Morgan fingerprint density at radius 3 is 1.43 bits per heavy atom. The van der Waals surface area contributed by atoms with Gasteiger partial charge in [-0.05, 0) is 135 Å². The summed E-state index contributed by atoms with van der Waals surface area (Å²) in [5.41, 5.74) is 20.5. The summed E-state index contributed by atoms with van der Waals surface area (Å²) in [5, 5.41) is 0. The normalized spacial score (nSPS) is 14.3. The first kappa shape index (κ1) is 37.3. The van der Waals surface area contributed by atoms with Crippen LogP contribution in [0.1, 0.15) is 0 Å². The third-order valence-electron chi connectivity index (χ3n) is 15.2. The van der Waals surface area contributed by atoms with Gasteiger partial charge in [-0.2, -0.15) is 0 Å². The summed E-state index contributed by atoms with van der Waals surface area (Å²) in [6, 6.07) is 78.7. The van der Waals surface area contributed by atoms with E-state index in [0.29, 0.717) is 0 Å². The molecule has 0 bridgehead atoms. The van der Waals surface area contributed by atoms with Gasteiger partial charge in [-0.1, -0.05) is 121 Å². The molecule has 10 aromatic carbocycles. The lowest BCUT2D eigenvalue weighted by Gasteiger charge is -2.46. The number of hydrogen-bond acceptors (Lipinski definition) is 6. The van der Waals surface area contributed by atoms with Crippen molar-refractivity contribution in [2.24, 2.45) is 0 Å². The monoisotopic (exact) mass is 879 g/mol. The molecule has 0 amide bonds. The molecule has 6 aliphatic heterocycles. The molecule has 0 saturated heterocycles. The zero-order valence-electron chi connectivity index (χ0n) is 37.1. The summed E-state index contributed by atoms with van der Waals surface area (Å²) in [5.74, 6) is 5.17. The van der Waals surface area contributed by atoms with Crippen LogP contribution in [-0.4, -0.2) is 20.1 Å². The molecule has 9 heteroatoms. The molecule has 6 aliphatic rings. The summed E-state index contributed by atoms with van der Waals surface area (Å²) >= 11 is 0. The first-order chi connectivity index (χ1) is 34.3. The van der Waals surface area contributed by atoms with E-state index >= 15 is 0 Å². The van der Waals surface area contributed by atoms with Crippen molar-refractivity contribution in [2.45, 2.75) is 0 Å². The van der Waals surface area contributed by atoms with Crippen LogP contribution in [0.15, 0.2) is 218 Å². The molecule has 0 saturated carbocycles. The molecule has 6 nitrogen and oxygen atoms in total. The van der Waals surface area contributed by atoms with Crippen molar-refractivity contribution in [3.63, 3.8) is 0 Å². The smallest absolute Gasteiger partial charge is 0.260 e. The van der Waals surface area contributed by atoms with Gasteiger partial charge in [-0.3, -0.25) is 0 Å². The van der Waals surface area contributed by atoms with Crippen molar-refractivity contribution in [2.75, 3.05) is 14.7 Å². The lowest BCUT2D eigenvalue weighted by Crippen LogP contribution is -2.66. The van der Waals surface area contributed by atoms with Crippen molar-refractivity contribution in [1.29, 1.82) is 0 Å². The van der Waals surface area contributed by atoms with Crippen molar-refractivity contribution < 1.29 is 14.2 Å². The number of rotatable bonds is 3. The van der Waals surface area contributed by atoms with E-state index in [0.717, 1.165) is 107 Å². The third kappa shape index (κ3) is 5.03. The Labute approximate surface area is 400 Å². The molecular formula is C60H36B3N3O3. The van der Waals surface area contributed by atoms with E-state index in [-0.39, 0.29) is 20.1 Å². The number of benzene rings is 10. The van der Waals surface area contributed by atoms with Gasteiger partial charge in [0.05, 0.1) is 0 Å². The van der Waals surface area contributed by atoms with E-state index in [1.54, 1.807) is 0 Å².